The van der Waals surface area contributed by atoms with Crippen molar-refractivity contribution in [3.63, 3.8) is 0 Å². The highest BCUT2D eigenvalue weighted by molar-refractivity contribution is 9.10. The Hall–Kier alpha value is -0.590. The second kappa shape index (κ2) is 6.24. The second-order valence-electron chi connectivity index (χ2n) is 5.02. The smallest absolute Gasteiger partial charge is 0.232 e. The van der Waals surface area contributed by atoms with E-state index in [1.54, 1.807) is 6.07 Å². The van der Waals surface area contributed by atoms with Crippen LogP contribution in [-0.2, 0) is 10.0 Å². The van der Waals surface area contributed by atoms with E-state index in [0.29, 0.717) is 18.2 Å². The Kier molecular flexibility index (Phi) is 4.86. The van der Waals surface area contributed by atoms with Crippen molar-refractivity contribution in [2.24, 2.45) is 0 Å². The van der Waals surface area contributed by atoms with E-state index in [1.165, 1.54) is 12.8 Å². The summed E-state index contributed by atoms with van der Waals surface area (Å²) < 4.78 is 27.4. The van der Waals surface area contributed by atoms with Crippen LogP contribution in [0.5, 0.6) is 0 Å². The molecule has 1 aromatic rings. The zero-order chi connectivity index (χ0) is 13.9. The Morgan fingerprint density at radius 3 is 2.68 bits per heavy atom. The summed E-state index contributed by atoms with van der Waals surface area (Å²) in [5.74, 6) is 0.151. The SMILES string of the molecule is Cc1cc(Br)cc(NS(=O)(=O)CCCNC2CC2)c1. The fraction of sp³-hybridized carbons (Fsp3) is 0.538. The van der Waals surface area contributed by atoms with Crippen LogP contribution < -0.4 is 10.0 Å². The van der Waals surface area contributed by atoms with Crippen LogP contribution in [0.4, 0.5) is 5.69 Å². The maximum absolute atomic E-state index is 11.9. The summed E-state index contributed by atoms with van der Waals surface area (Å²) >= 11 is 3.36. The Labute approximate surface area is 123 Å². The van der Waals surface area contributed by atoms with Gasteiger partial charge in [-0.15, -0.1) is 0 Å². The second-order valence-corrected chi connectivity index (χ2v) is 7.78. The van der Waals surface area contributed by atoms with E-state index >= 15 is 0 Å². The van der Waals surface area contributed by atoms with Crippen LogP contribution in [-0.4, -0.2) is 26.8 Å². The number of hydrogen-bond donors (Lipinski definition) is 2. The molecule has 1 fully saturated rings. The minimum absolute atomic E-state index is 0.151. The molecule has 0 radical (unpaired) electrons. The quantitative estimate of drug-likeness (QED) is 0.746. The number of rotatable bonds is 7. The van der Waals surface area contributed by atoms with Gasteiger partial charge in [-0.3, -0.25) is 4.72 Å². The maximum Gasteiger partial charge on any atom is 0.232 e. The highest BCUT2D eigenvalue weighted by Crippen LogP contribution is 2.20. The molecule has 1 saturated carbocycles. The van der Waals surface area contributed by atoms with Crippen molar-refractivity contribution in [3.05, 3.63) is 28.2 Å². The number of aryl methyl sites for hydroxylation is 1. The van der Waals surface area contributed by atoms with Crippen LogP contribution in [0.1, 0.15) is 24.8 Å². The van der Waals surface area contributed by atoms with Crippen LogP contribution in [0, 0.1) is 6.92 Å². The van der Waals surface area contributed by atoms with E-state index in [0.717, 1.165) is 16.6 Å². The number of sulfonamides is 1. The summed E-state index contributed by atoms with van der Waals surface area (Å²) in [6, 6.07) is 6.16. The topological polar surface area (TPSA) is 58.2 Å². The number of nitrogens with one attached hydrogen (secondary N) is 2. The summed E-state index contributed by atoms with van der Waals surface area (Å²) in [4.78, 5) is 0. The molecular formula is C13H19BrN2O2S. The van der Waals surface area contributed by atoms with Gasteiger partial charge in [-0.25, -0.2) is 8.42 Å². The van der Waals surface area contributed by atoms with Crippen molar-refractivity contribution < 1.29 is 8.42 Å². The van der Waals surface area contributed by atoms with E-state index in [2.05, 4.69) is 26.0 Å². The molecule has 0 amide bonds. The first kappa shape index (κ1) is 14.8. The molecule has 1 aliphatic rings. The van der Waals surface area contributed by atoms with Gasteiger partial charge in [0.1, 0.15) is 0 Å². The molecule has 2 rings (SSSR count). The normalized spacial score (nSPS) is 15.5. The number of halogens is 1. The first-order chi connectivity index (χ1) is 8.94. The minimum Gasteiger partial charge on any atom is -0.314 e. The lowest BCUT2D eigenvalue weighted by Crippen LogP contribution is -2.23. The number of benzene rings is 1. The Balaban J connectivity index is 1.84. The van der Waals surface area contributed by atoms with E-state index in [-0.39, 0.29) is 5.75 Å². The molecule has 2 N–H and O–H groups in total. The highest BCUT2D eigenvalue weighted by atomic mass is 79.9. The van der Waals surface area contributed by atoms with Crippen molar-refractivity contribution in [1.82, 2.24) is 5.32 Å². The molecule has 0 bridgehead atoms. The average Bonchev–Trinajstić information content (AvgIpc) is 3.06. The van der Waals surface area contributed by atoms with Gasteiger partial charge >= 0.3 is 0 Å². The van der Waals surface area contributed by atoms with Gasteiger partial charge in [-0.2, -0.15) is 0 Å². The average molecular weight is 347 g/mol. The van der Waals surface area contributed by atoms with Gasteiger partial charge in [0.25, 0.3) is 0 Å². The van der Waals surface area contributed by atoms with Crippen LogP contribution in [0.25, 0.3) is 0 Å². The molecule has 6 heteroatoms. The Morgan fingerprint density at radius 1 is 1.32 bits per heavy atom. The first-order valence-electron chi connectivity index (χ1n) is 6.46. The minimum atomic E-state index is -3.26. The van der Waals surface area contributed by atoms with Gasteiger partial charge in [-0.1, -0.05) is 15.9 Å². The molecule has 19 heavy (non-hydrogen) atoms. The summed E-state index contributed by atoms with van der Waals surface area (Å²) in [6.07, 6.45) is 3.09. The highest BCUT2D eigenvalue weighted by Gasteiger charge is 2.20. The zero-order valence-electron chi connectivity index (χ0n) is 10.9. The summed E-state index contributed by atoms with van der Waals surface area (Å²) in [5, 5.41) is 3.31. The van der Waals surface area contributed by atoms with Crippen molar-refractivity contribution >= 4 is 31.6 Å². The third-order valence-corrected chi connectivity index (χ3v) is 4.75. The molecule has 106 valence electrons. The van der Waals surface area contributed by atoms with E-state index in [1.807, 2.05) is 19.1 Å². The van der Waals surface area contributed by atoms with E-state index in [4.69, 9.17) is 0 Å². The third kappa shape index (κ3) is 5.50. The fourth-order valence-corrected chi connectivity index (χ4v) is 3.59. The molecule has 0 aromatic heterocycles. The van der Waals surface area contributed by atoms with Crippen LogP contribution in [0.15, 0.2) is 22.7 Å². The number of anilines is 1. The molecule has 0 spiro atoms. The summed E-state index contributed by atoms with van der Waals surface area (Å²) in [7, 11) is -3.26. The van der Waals surface area contributed by atoms with Gasteiger partial charge in [0.15, 0.2) is 0 Å². The monoisotopic (exact) mass is 346 g/mol. The first-order valence-corrected chi connectivity index (χ1v) is 8.90. The maximum atomic E-state index is 11.9. The van der Waals surface area contributed by atoms with Gasteiger partial charge in [0, 0.05) is 16.2 Å². The molecule has 4 nitrogen and oxygen atoms in total. The van der Waals surface area contributed by atoms with Crippen molar-refractivity contribution in [1.29, 1.82) is 0 Å². The largest absolute Gasteiger partial charge is 0.314 e. The molecule has 0 saturated heterocycles. The lowest BCUT2D eigenvalue weighted by molar-refractivity contribution is 0.593. The van der Waals surface area contributed by atoms with Gasteiger partial charge in [0.05, 0.1) is 5.75 Å². The molecular weight excluding hydrogens is 328 g/mol. The van der Waals surface area contributed by atoms with Crippen molar-refractivity contribution in [2.45, 2.75) is 32.2 Å². The predicted molar refractivity (Wildman–Crippen MR) is 81.9 cm³/mol. The lowest BCUT2D eigenvalue weighted by atomic mass is 10.2. The summed E-state index contributed by atoms with van der Waals surface area (Å²) in [6.45, 7) is 2.70. The van der Waals surface area contributed by atoms with Gasteiger partial charge in [0.2, 0.25) is 10.0 Å². The zero-order valence-corrected chi connectivity index (χ0v) is 13.4. The van der Waals surface area contributed by atoms with Crippen molar-refractivity contribution in [3.8, 4) is 0 Å². The molecule has 0 heterocycles. The third-order valence-electron chi connectivity index (χ3n) is 2.92. The van der Waals surface area contributed by atoms with Crippen LogP contribution in [0.2, 0.25) is 0 Å². The van der Waals surface area contributed by atoms with Crippen LogP contribution in [0.3, 0.4) is 0 Å². The lowest BCUT2D eigenvalue weighted by Gasteiger charge is -2.09. The van der Waals surface area contributed by atoms with E-state index < -0.39 is 10.0 Å². The molecule has 1 aromatic carbocycles. The fourth-order valence-electron chi connectivity index (χ4n) is 1.88. The predicted octanol–water partition coefficient (Wildman–Crippen LogP) is 2.64. The standard InChI is InChI=1S/C13H19BrN2O2S/c1-10-7-11(14)9-13(8-10)16-19(17,18)6-2-5-15-12-3-4-12/h7-9,12,15-16H,2-6H2,1H3. The van der Waals surface area contributed by atoms with Crippen LogP contribution >= 0.6 is 15.9 Å². The summed E-state index contributed by atoms with van der Waals surface area (Å²) in [5.41, 5.74) is 1.63. The molecule has 0 atom stereocenters. The van der Waals surface area contributed by atoms with Crippen molar-refractivity contribution in [2.75, 3.05) is 17.0 Å². The molecule has 1 aliphatic carbocycles. The molecule has 0 aliphatic heterocycles. The van der Waals surface area contributed by atoms with E-state index in [9.17, 15) is 8.42 Å². The number of hydrogen-bond acceptors (Lipinski definition) is 3. The molecule has 0 unspecified atom stereocenters. The Morgan fingerprint density at radius 2 is 2.05 bits per heavy atom. The van der Waals surface area contributed by atoms with Gasteiger partial charge < -0.3 is 5.32 Å². The van der Waals surface area contributed by atoms with Gasteiger partial charge in [-0.05, 0) is 56.5 Å². The Bertz CT molecular complexity index is 521.